The SMILES string of the molecule is O=C(CN(C(=O)c1ccccc1)c1ccc(O)cc1)N[C@@H]1[C@@H](O)[C@H](O)[C@@H](CO)O[C@H]1O. The normalized spacial score (nSPS) is 25.6. The topological polar surface area (TPSA) is 160 Å². The Kier molecular flexibility index (Phi) is 7.21. The molecule has 5 atom stereocenters. The number of aliphatic hydroxyl groups excluding tert-OH is 4. The van der Waals surface area contributed by atoms with E-state index in [-0.39, 0.29) is 5.75 Å². The van der Waals surface area contributed by atoms with Crippen LogP contribution in [-0.2, 0) is 9.53 Å². The Bertz CT molecular complexity index is 892. The van der Waals surface area contributed by atoms with Gasteiger partial charge < -0.3 is 35.6 Å². The van der Waals surface area contributed by atoms with E-state index < -0.39 is 55.6 Å². The minimum absolute atomic E-state index is 0.0154. The molecule has 1 fully saturated rings. The summed E-state index contributed by atoms with van der Waals surface area (Å²) in [6, 6.07) is 12.5. The molecule has 1 saturated heterocycles. The molecule has 2 aromatic rings. The van der Waals surface area contributed by atoms with Gasteiger partial charge in [-0.2, -0.15) is 0 Å². The number of nitrogens with zero attached hydrogens (tertiary/aromatic N) is 1. The number of nitrogens with one attached hydrogen (secondary N) is 1. The number of benzene rings is 2. The Morgan fingerprint density at radius 1 is 0.968 bits per heavy atom. The highest BCUT2D eigenvalue weighted by molar-refractivity contribution is 6.08. The van der Waals surface area contributed by atoms with Gasteiger partial charge in [0.1, 0.15) is 36.6 Å². The Hall–Kier alpha value is -3.02. The van der Waals surface area contributed by atoms with Crippen molar-refractivity contribution < 1.29 is 39.9 Å². The van der Waals surface area contributed by atoms with E-state index in [1.807, 2.05) is 0 Å². The third kappa shape index (κ3) is 5.19. The molecule has 1 aliphatic rings. The van der Waals surface area contributed by atoms with Crippen molar-refractivity contribution in [2.24, 2.45) is 0 Å². The van der Waals surface area contributed by atoms with Crippen molar-refractivity contribution >= 4 is 17.5 Å². The molecule has 0 unspecified atom stereocenters. The van der Waals surface area contributed by atoms with E-state index in [1.54, 1.807) is 30.3 Å². The number of hydrogen-bond donors (Lipinski definition) is 6. The molecule has 0 bridgehead atoms. The molecule has 166 valence electrons. The third-order valence-corrected chi connectivity index (χ3v) is 4.96. The van der Waals surface area contributed by atoms with Gasteiger partial charge in [-0.3, -0.25) is 14.5 Å². The molecule has 0 radical (unpaired) electrons. The first-order valence-electron chi connectivity index (χ1n) is 9.57. The van der Waals surface area contributed by atoms with Crippen LogP contribution in [0, 0.1) is 0 Å². The zero-order valence-electron chi connectivity index (χ0n) is 16.4. The number of amides is 2. The van der Waals surface area contributed by atoms with Crippen molar-refractivity contribution in [2.45, 2.75) is 30.6 Å². The largest absolute Gasteiger partial charge is 0.508 e. The Labute approximate surface area is 177 Å². The average molecular weight is 432 g/mol. The molecule has 31 heavy (non-hydrogen) atoms. The second-order valence-electron chi connectivity index (χ2n) is 7.10. The van der Waals surface area contributed by atoms with Gasteiger partial charge in [-0.05, 0) is 36.4 Å². The fourth-order valence-corrected chi connectivity index (χ4v) is 3.28. The van der Waals surface area contributed by atoms with Gasteiger partial charge in [0.2, 0.25) is 5.91 Å². The van der Waals surface area contributed by atoms with Gasteiger partial charge in [0.05, 0.1) is 6.61 Å². The van der Waals surface area contributed by atoms with Crippen molar-refractivity contribution in [3.63, 3.8) is 0 Å². The lowest BCUT2D eigenvalue weighted by atomic mass is 9.97. The number of ether oxygens (including phenoxy) is 1. The molecule has 3 rings (SSSR count). The first-order valence-corrected chi connectivity index (χ1v) is 9.57. The second kappa shape index (κ2) is 9.86. The molecular weight excluding hydrogens is 408 g/mol. The quantitative estimate of drug-likeness (QED) is 0.337. The highest BCUT2D eigenvalue weighted by Crippen LogP contribution is 2.22. The molecule has 1 heterocycles. The summed E-state index contributed by atoms with van der Waals surface area (Å²) in [6.45, 7) is -1.11. The molecule has 10 heteroatoms. The predicted octanol–water partition coefficient (Wildman–Crippen LogP) is -1.04. The van der Waals surface area contributed by atoms with Crippen molar-refractivity contribution in [2.75, 3.05) is 18.1 Å². The van der Waals surface area contributed by atoms with Gasteiger partial charge >= 0.3 is 0 Å². The lowest BCUT2D eigenvalue weighted by Gasteiger charge is -2.40. The molecule has 6 N–H and O–H groups in total. The summed E-state index contributed by atoms with van der Waals surface area (Å²) in [6.07, 6.45) is -6.01. The van der Waals surface area contributed by atoms with Crippen LogP contribution in [0.1, 0.15) is 10.4 Å². The lowest BCUT2D eigenvalue weighted by molar-refractivity contribution is -0.253. The van der Waals surface area contributed by atoms with Crippen molar-refractivity contribution in [1.29, 1.82) is 0 Å². The molecule has 10 nitrogen and oxygen atoms in total. The zero-order valence-corrected chi connectivity index (χ0v) is 16.4. The van der Waals surface area contributed by atoms with E-state index in [0.29, 0.717) is 11.3 Å². The maximum atomic E-state index is 13.0. The summed E-state index contributed by atoms with van der Waals surface area (Å²) in [5, 5.41) is 51.3. The highest BCUT2D eigenvalue weighted by atomic mass is 16.6. The van der Waals surface area contributed by atoms with E-state index in [1.165, 1.54) is 29.2 Å². The number of aliphatic hydroxyl groups is 4. The zero-order chi connectivity index (χ0) is 22.5. The van der Waals surface area contributed by atoms with E-state index in [4.69, 9.17) is 9.84 Å². The maximum absolute atomic E-state index is 13.0. The van der Waals surface area contributed by atoms with Gasteiger partial charge in [0, 0.05) is 11.3 Å². The monoisotopic (exact) mass is 432 g/mol. The van der Waals surface area contributed by atoms with E-state index >= 15 is 0 Å². The number of anilines is 1. The summed E-state index contributed by atoms with van der Waals surface area (Å²) >= 11 is 0. The van der Waals surface area contributed by atoms with Gasteiger partial charge in [0.25, 0.3) is 5.91 Å². The minimum atomic E-state index is -1.67. The predicted molar refractivity (Wildman–Crippen MR) is 108 cm³/mol. The van der Waals surface area contributed by atoms with Gasteiger partial charge in [0.15, 0.2) is 6.29 Å². The third-order valence-electron chi connectivity index (χ3n) is 4.96. The van der Waals surface area contributed by atoms with Crippen LogP contribution in [0.2, 0.25) is 0 Å². The number of phenols is 1. The van der Waals surface area contributed by atoms with Gasteiger partial charge in [-0.25, -0.2) is 0 Å². The van der Waals surface area contributed by atoms with Gasteiger partial charge in [-0.1, -0.05) is 18.2 Å². The summed E-state index contributed by atoms with van der Waals surface area (Å²) in [4.78, 5) is 26.9. The summed E-state index contributed by atoms with van der Waals surface area (Å²) in [5.41, 5.74) is 0.661. The van der Waals surface area contributed by atoms with Crippen LogP contribution < -0.4 is 10.2 Å². The standard InChI is InChI=1S/C21H24N2O8/c24-11-15-18(27)19(28)17(21(30)31-15)22-16(26)10-23(13-6-8-14(25)9-7-13)20(29)12-4-2-1-3-5-12/h1-9,15,17-19,21,24-25,27-28,30H,10-11H2,(H,22,26)/t15-,17-,18-,19-,21-/m1/s1. The van der Waals surface area contributed by atoms with Crippen molar-refractivity contribution in [3.8, 4) is 5.75 Å². The first-order chi connectivity index (χ1) is 14.8. The first kappa shape index (κ1) is 22.7. The van der Waals surface area contributed by atoms with Gasteiger partial charge in [-0.15, -0.1) is 0 Å². The summed E-state index contributed by atoms with van der Waals surface area (Å²) in [7, 11) is 0. The number of phenolic OH excluding ortho intramolecular Hbond substituents is 1. The van der Waals surface area contributed by atoms with Crippen LogP contribution in [0.25, 0.3) is 0 Å². The van der Waals surface area contributed by atoms with E-state index in [2.05, 4.69) is 5.32 Å². The average Bonchev–Trinajstić information content (AvgIpc) is 2.78. The molecule has 0 aromatic heterocycles. The highest BCUT2D eigenvalue weighted by Gasteiger charge is 2.44. The van der Waals surface area contributed by atoms with Crippen LogP contribution in [0.4, 0.5) is 5.69 Å². The lowest BCUT2D eigenvalue weighted by Crippen LogP contribution is -2.64. The van der Waals surface area contributed by atoms with E-state index in [9.17, 15) is 30.0 Å². The number of aromatic hydroxyl groups is 1. The smallest absolute Gasteiger partial charge is 0.258 e. The van der Waals surface area contributed by atoms with Crippen LogP contribution in [0.3, 0.4) is 0 Å². The number of rotatable bonds is 6. The Morgan fingerprint density at radius 3 is 2.23 bits per heavy atom. The molecule has 1 aliphatic heterocycles. The summed E-state index contributed by atoms with van der Waals surface area (Å²) < 4.78 is 5.02. The van der Waals surface area contributed by atoms with Crippen molar-refractivity contribution in [3.05, 3.63) is 60.2 Å². The molecule has 0 spiro atoms. The van der Waals surface area contributed by atoms with Crippen LogP contribution >= 0.6 is 0 Å². The molecule has 0 aliphatic carbocycles. The molecule has 2 aromatic carbocycles. The fourth-order valence-electron chi connectivity index (χ4n) is 3.28. The number of carbonyl (C=O) groups excluding carboxylic acids is 2. The minimum Gasteiger partial charge on any atom is -0.508 e. The molecule has 2 amide bonds. The summed E-state index contributed by atoms with van der Waals surface area (Å²) in [5.74, 6) is -1.24. The fraction of sp³-hybridized carbons (Fsp3) is 0.333. The Balaban J connectivity index is 1.78. The van der Waals surface area contributed by atoms with Crippen LogP contribution in [-0.4, -0.2) is 81.1 Å². The van der Waals surface area contributed by atoms with E-state index in [0.717, 1.165) is 0 Å². The molecule has 0 saturated carbocycles. The number of carbonyl (C=O) groups is 2. The van der Waals surface area contributed by atoms with Crippen LogP contribution in [0.5, 0.6) is 5.75 Å². The van der Waals surface area contributed by atoms with Crippen molar-refractivity contribution in [1.82, 2.24) is 5.32 Å². The maximum Gasteiger partial charge on any atom is 0.258 e. The van der Waals surface area contributed by atoms with Crippen LogP contribution in [0.15, 0.2) is 54.6 Å². The number of hydrogen-bond acceptors (Lipinski definition) is 8. The Morgan fingerprint density at radius 2 is 1.61 bits per heavy atom. The second-order valence-corrected chi connectivity index (χ2v) is 7.10. The molecular formula is C21H24N2O8.